The van der Waals surface area contributed by atoms with Gasteiger partial charge in [0.1, 0.15) is 12.1 Å². The molecule has 6 rings (SSSR count). The van der Waals surface area contributed by atoms with Gasteiger partial charge < -0.3 is 5.11 Å². The van der Waals surface area contributed by atoms with Crippen LogP contribution in [-0.4, -0.2) is 15.1 Å². The molecule has 0 amide bonds. The van der Waals surface area contributed by atoms with E-state index in [0.29, 0.717) is 11.2 Å². The summed E-state index contributed by atoms with van der Waals surface area (Å²) in [5, 5.41) is 10.3. The molecule has 4 bridgehead atoms. The third kappa shape index (κ3) is 2.09. The molecule has 0 saturated heterocycles. The molecule has 0 spiro atoms. The fourth-order valence-corrected chi connectivity index (χ4v) is 6.00. The van der Waals surface area contributed by atoms with E-state index in [2.05, 4.69) is 22.1 Å². The van der Waals surface area contributed by atoms with Crippen molar-refractivity contribution in [3.8, 4) is 16.9 Å². The van der Waals surface area contributed by atoms with Crippen molar-refractivity contribution < 1.29 is 5.11 Å². The zero-order valence-corrected chi connectivity index (χ0v) is 13.3. The predicted molar refractivity (Wildman–Crippen MR) is 89.0 cm³/mol. The summed E-state index contributed by atoms with van der Waals surface area (Å²) in [4.78, 5) is 8.20. The van der Waals surface area contributed by atoms with Crippen LogP contribution >= 0.6 is 0 Å². The molecule has 1 N–H and O–H groups in total. The molecular formula is C20H22N2O. The van der Waals surface area contributed by atoms with Gasteiger partial charge in [0.25, 0.3) is 0 Å². The Morgan fingerprint density at radius 2 is 1.52 bits per heavy atom. The number of hydrogen-bond acceptors (Lipinski definition) is 3. The van der Waals surface area contributed by atoms with Crippen LogP contribution < -0.4 is 0 Å². The minimum atomic E-state index is 0.327. The summed E-state index contributed by atoms with van der Waals surface area (Å²) < 4.78 is 0. The SMILES string of the molecule is Oc1ccc(C23CC4CC(CC(C4)C2)C3)cc1-c1cncnc1. The van der Waals surface area contributed by atoms with Crippen LogP contribution in [0.25, 0.3) is 11.1 Å². The van der Waals surface area contributed by atoms with Crippen LogP contribution in [0, 0.1) is 17.8 Å². The minimum absolute atomic E-state index is 0.327. The Balaban J connectivity index is 1.59. The second-order valence-electron chi connectivity index (χ2n) is 8.06. The van der Waals surface area contributed by atoms with Gasteiger partial charge in [-0.25, -0.2) is 9.97 Å². The Morgan fingerprint density at radius 3 is 2.13 bits per heavy atom. The van der Waals surface area contributed by atoms with Crippen LogP contribution in [0.4, 0.5) is 0 Å². The number of phenolic OH excluding ortho intramolecular Hbond substituents is 1. The first-order valence-corrected chi connectivity index (χ1v) is 8.81. The molecule has 4 fully saturated rings. The van der Waals surface area contributed by atoms with Crippen molar-refractivity contribution in [3.63, 3.8) is 0 Å². The van der Waals surface area contributed by atoms with Crippen molar-refractivity contribution in [2.45, 2.75) is 43.9 Å². The highest BCUT2D eigenvalue weighted by Gasteiger charge is 2.51. The van der Waals surface area contributed by atoms with E-state index >= 15 is 0 Å². The van der Waals surface area contributed by atoms with E-state index in [1.165, 1.54) is 50.4 Å². The molecule has 118 valence electrons. The number of aromatic nitrogens is 2. The average molecular weight is 306 g/mol. The zero-order chi connectivity index (χ0) is 15.4. The van der Waals surface area contributed by atoms with Crippen LogP contribution in [0.1, 0.15) is 44.1 Å². The van der Waals surface area contributed by atoms with Gasteiger partial charge in [-0.2, -0.15) is 0 Å². The second-order valence-corrected chi connectivity index (χ2v) is 8.06. The lowest BCUT2D eigenvalue weighted by Gasteiger charge is -2.57. The van der Waals surface area contributed by atoms with Crippen molar-refractivity contribution in [1.82, 2.24) is 9.97 Å². The quantitative estimate of drug-likeness (QED) is 0.899. The normalized spacial score (nSPS) is 34.7. The number of benzene rings is 1. The van der Waals surface area contributed by atoms with E-state index in [0.717, 1.165) is 28.9 Å². The van der Waals surface area contributed by atoms with Gasteiger partial charge >= 0.3 is 0 Å². The fourth-order valence-electron chi connectivity index (χ4n) is 6.00. The maximum atomic E-state index is 10.3. The Morgan fingerprint density at radius 1 is 0.913 bits per heavy atom. The number of rotatable bonds is 2. The topological polar surface area (TPSA) is 46.0 Å². The van der Waals surface area contributed by atoms with E-state index in [-0.39, 0.29) is 0 Å². The van der Waals surface area contributed by atoms with Crippen molar-refractivity contribution in [1.29, 1.82) is 0 Å². The zero-order valence-electron chi connectivity index (χ0n) is 13.3. The molecule has 1 heterocycles. The highest BCUT2D eigenvalue weighted by atomic mass is 16.3. The third-order valence-electron chi connectivity index (χ3n) is 6.52. The summed E-state index contributed by atoms with van der Waals surface area (Å²) in [7, 11) is 0. The van der Waals surface area contributed by atoms with E-state index in [4.69, 9.17) is 0 Å². The first-order chi connectivity index (χ1) is 11.2. The Kier molecular flexibility index (Phi) is 2.82. The maximum absolute atomic E-state index is 10.3. The van der Waals surface area contributed by atoms with Gasteiger partial charge in [-0.15, -0.1) is 0 Å². The van der Waals surface area contributed by atoms with Gasteiger partial charge in [-0.1, -0.05) is 6.07 Å². The number of nitrogens with zero attached hydrogens (tertiary/aromatic N) is 2. The molecule has 23 heavy (non-hydrogen) atoms. The van der Waals surface area contributed by atoms with Crippen LogP contribution in [0.5, 0.6) is 5.75 Å². The lowest BCUT2D eigenvalue weighted by atomic mass is 9.48. The fraction of sp³-hybridized carbons (Fsp3) is 0.500. The van der Waals surface area contributed by atoms with Gasteiger partial charge in [0.2, 0.25) is 0 Å². The average Bonchev–Trinajstić information content (AvgIpc) is 2.55. The first-order valence-electron chi connectivity index (χ1n) is 8.81. The smallest absolute Gasteiger partial charge is 0.123 e. The Bertz CT molecular complexity index is 705. The summed E-state index contributed by atoms with van der Waals surface area (Å²) in [5.41, 5.74) is 3.55. The third-order valence-corrected chi connectivity index (χ3v) is 6.52. The van der Waals surface area contributed by atoms with Gasteiger partial charge in [-0.05, 0) is 79.4 Å². The molecule has 4 saturated carbocycles. The first kappa shape index (κ1) is 13.5. The molecule has 1 aromatic carbocycles. The molecule has 3 nitrogen and oxygen atoms in total. The monoisotopic (exact) mass is 306 g/mol. The Labute approximate surface area is 136 Å². The standard InChI is InChI=1S/C20H22N2O/c23-19-2-1-17(6-18(19)16-10-21-12-22-11-16)20-7-13-3-14(8-20)5-15(4-13)9-20/h1-2,6,10-15,23H,3-5,7-9H2. The van der Waals surface area contributed by atoms with Gasteiger partial charge in [0, 0.05) is 23.5 Å². The van der Waals surface area contributed by atoms with Gasteiger partial charge in [0.15, 0.2) is 0 Å². The summed E-state index contributed by atoms with van der Waals surface area (Å²) in [6, 6.07) is 6.24. The van der Waals surface area contributed by atoms with E-state index in [9.17, 15) is 5.11 Å². The van der Waals surface area contributed by atoms with Crippen LogP contribution in [0.3, 0.4) is 0 Å². The van der Waals surface area contributed by atoms with E-state index in [1.807, 2.05) is 6.07 Å². The lowest BCUT2D eigenvalue weighted by molar-refractivity contribution is -0.00518. The highest BCUT2D eigenvalue weighted by molar-refractivity contribution is 5.69. The second kappa shape index (κ2) is 4.80. The molecule has 2 aromatic rings. The summed E-state index contributed by atoms with van der Waals surface area (Å²) in [6.45, 7) is 0. The lowest BCUT2D eigenvalue weighted by Crippen LogP contribution is -2.48. The summed E-state index contributed by atoms with van der Waals surface area (Å²) in [6.07, 6.45) is 13.5. The molecule has 0 unspecified atom stereocenters. The van der Waals surface area contributed by atoms with Crippen LogP contribution in [0.2, 0.25) is 0 Å². The number of aromatic hydroxyl groups is 1. The number of hydrogen-bond donors (Lipinski definition) is 1. The van der Waals surface area contributed by atoms with Crippen molar-refractivity contribution in [2.24, 2.45) is 17.8 Å². The van der Waals surface area contributed by atoms with Gasteiger partial charge in [-0.3, -0.25) is 0 Å². The molecule has 0 atom stereocenters. The molecule has 3 heteroatoms. The van der Waals surface area contributed by atoms with Crippen molar-refractivity contribution in [3.05, 3.63) is 42.5 Å². The van der Waals surface area contributed by atoms with Crippen LogP contribution in [0.15, 0.2) is 36.9 Å². The minimum Gasteiger partial charge on any atom is -0.507 e. The Hall–Kier alpha value is -1.90. The van der Waals surface area contributed by atoms with Crippen LogP contribution in [-0.2, 0) is 5.41 Å². The number of phenols is 1. The van der Waals surface area contributed by atoms with Crippen molar-refractivity contribution >= 4 is 0 Å². The maximum Gasteiger partial charge on any atom is 0.123 e. The highest BCUT2D eigenvalue weighted by Crippen LogP contribution is 2.61. The molecule has 0 radical (unpaired) electrons. The predicted octanol–water partition coefficient (Wildman–Crippen LogP) is 4.32. The summed E-state index contributed by atoms with van der Waals surface area (Å²) >= 11 is 0. The van der Waals surface area contributed by atoms with E-state index < -0.39 is 0 Å². The van der Waals surface area contributed by atoms with E-state index in [1.54, 1.807) is 12.4 Å². The molecule has 1 aromatic heterocycles. The summed E-state index contributed by atoms with van der Waals surface area (Å²) in [5.74, 6) is 3.11. The largest absolute Gasteiger partial charge is 0.507 e. The van der Waals surface area contributed by atoms with Gasteiger partial charge in [0.05, 0.1) is 0 Å². The molecule has 4 aliphatic carbocycles. The molecule has 0 aliphatic heterocycles. The molecule has 4 aliphatic rings. The van der Waals surface area contributed by atoms with Crippen molar-refractivity contribution in [2.75, 3.05) is 0 Å². The molecular weight excluding hydrogens is 284 g/mol.